The molecule has 0 spiro atoms. The van der Waals surface area contributed by atoms with Crippen LogP contribution >= 0.6 is 24.0 Å². The molecule has 0 radical (unpaired) electrons. The third-order valence-electron chi connectivity index (χ3n) is 3.54. The van der Waals surface area contributed by atoms with E-state index in [1.54, 1.807) is 25.1 Å². The van der Waals surface area contributed by atoms with Crippen molar-refractivity contribution in [3.8, 4) is 0 Å². The third kappa shape index (κ3) is 7.03. The van der Waals surface area contributed by atoms with Crippen molar-refractivity contribution in [2.75, 3.05) is 19.6 Å². The van der Waals surface area contributed by atoms with Gasteiger partial charge in [-0.15, -0.1) is 24.0 Å². The molecule has 7 heteroatoms. The van der Waals surface area contributed by atoms with E-state index in [0.29, 0.717) is 31.2 Å². The van der Waals surface area contributed by atoms with E-state index >= 15 is 0 Å². The summed E-state index contributed by atoms with van der Waals surface area (Å²) < 4.78 is 18.4. The molecule has 0 saturated carbocycles. The number of rotatable bonds is 7. The highest BCUT2D eigenvalue weighted by molar-refractivity contribution is 14.0. The Morgan fingerprint density at radius 3 is 2.72 bits per heavy atom. The first-order valence-electron chi connectivity index (χ1n) is 8.04. The maximum Gasteiger partial charge on any atom is 0.191 e. The summed E-state index contributed by atoms with van der Waals surface area (Å²) in [5.41, 5.74) is -0.255. The summed E-state index contributed by atoms with van der Waals surface area (Å²) in [7, 11) is 0. The zero-order chi connectivity index (χ0) is 17.4. The van der Waals surface area contributed by atoms with Crippen molar-refractivity contribution >= 4 is 29.9 Å². The number of benzene rings is 1. The van der Waals surface area contributed by atoms with E-state index in [9.17, 15) is 9.50 Å². The molecule has 0 aliphatic rings. The van der Waals surface area contributed by atoms with Gasteiger partial charge in [-0.1, -0.05) is 12.1 Å². The van der Waals surface area contributed by atoms with E-state index in [4.69, 9.17) is 4.42 Å². The minimum atomic E-state index is -1.17. The molecule has 1 aromatic heterocycles. The number of nitrogens with one attached hydrogen (secondary N) is 2. The van der Waals surface area contributed by atoms with E-state index in [2.05, 4.69) is 15.6 Å². The SMILES string of the molecule is CCNC(=NCC(C)(O)c1ccco1)NCCc1cccc(F)c1.I. The molecule has 1 heterocycles. The Labute approximate surface area is 164 Å². The van der Waals surface area contributed by atoms with Crippen molar-refractivity contribution in [3.63, 3.8) is 0 Å². The third-order valence-corrected chi connectivity index (χ3v) is 3.54. The van der Waals surface area contributed by atoms with Gasteiger partial charge in [-0.25, -0.2) is 9.38 Å². The summed E-state index contributed by atoms with van der Waals surface area (Å²) in [5.74, 6) is 0.838. The molecule has 138 valence electrons. The van der Waals surface area contributed by atoms with Crippen molar-refractivity contribution in [1.29, 1.82) is 0 Å². The van der Waals surface area contributed by atoms with Gasteiger partial charge in [0.25, 0.3) is 0 Å². The van der Waals surface area contributed by atoms with Gasteiger partial charge in [0, 0.05) is 13.1 Å². The Bertz CT molecular complexity index is 660. The number of hydrogen-bond acceptors (Lipinski definition) is 3. The minimum absolute atomic E-state index is 0. The van der Waals surface area contributed by atoms with Crippen molar-refractivity contribution in [2.45, 2.75) is 25.9 Å². The number of aliphatic imine (C=N–C) groups is 1. The molecule has 2 aromatic rings. The molecule has 5 nitrogen and oxygen atoms in total. The van der Waals surface area contributed by atoms with Gasteiger partial charge >= 0.3 is 0 Å². The molecule has 1 unspecified atom stereocenters. The lowest BCUT2D eigenvalue weighted by molar-refractivity contribution is 0.0437. The molecule has 0 bridgehead atoms. The summed E-state index contributed by atoms with van der Waals surface area (Å²) in [6.07, 6.45) is 2.20. The van der Waals surface area contributed by atoms with E-state index < -0.39 is 5.60 Å². The number of aliphatic hydroxyl groups is 1. The fraction of sp³-hybridized carbons (Fsp3) is 0.389. The number of guanidine groups is 1. The lowest BCUT2D eigenvalue weighted by atomic mass is 10.0. The van der Waals surface area contributed by atoms with Crippen LogP contribution in [0.15, 0.2) is 52.1 Å². The minimum Gasteiger partial charge on any atom is -0.466 e. The van der Waals surface area contributed by atoms with Crippen molar-refractivity contribution < 1.29 is 13.9 Å². The molecule has 0 amide bonds. The normalized spacial score (nSPS) is 13.7. The number of nitrogens with zero attached hydrogens (tertiary/aromatic N) is 1. The molecule has 1 aromatic carbocycles. The molecule has 0 aliphatic heterocycles. The van der Waals surface area contributed by atoms with Gasteiger partial charge in [-0.3, -0.25) is 0 Å². The van der Waals surface area contributed by atoms with Gasteiger partial charge in [-0.05, 0) is 50.1 Å². The van der Waals surface area contributed by atoms with Gasteiger partial charge < -0.3 is 20.2 Å². The van der Waals surface area contributed by atoms with Gasteiger partial charge in [0.1, 0.15) is 17.2 Å². The smallest absolute Gasteiger partial charge is 0.191 e. The molecular formula is C18H25FIN3O2. The highest BCUT2D eigenvalue weighted by atomic mass is 127. The average Bonchev–Trinajstić information content (AvgIpc) is 3.08. The molecule has 3 N–H and O–H groups in total. The second kappa shape index (κ2) is 10.4. The van der Waals surface area contributed by atoms with Crippen LogP contribution < -0.4 is 10.6 Å². The van der Waals surface area contributed by atoms with Crippen molar-refractivity contribution in [2.24, 2.45) is 4.99 Å². The standard InChI is InChI=1S/C18H24FN3O2.HI/c1-3-20-17(21-10-9-14-6-4-7-15(19)12-14)22-13-18(2,23)16-8-5-11-24-16;/h4-8,11-12,23H,3,9-10,13H2,1-2H3,(H2,20,21,22);1H. The predicted molar refractivity (Wildman–Crippen MR) is 108 cm³/mol. The Morgan fingerprint density at radius 2 is 2.08 bits per heavy atom. The zero-order valence-corrected chi connectivity index (χ0v) is 16.8. The second-order valence-corrected chi connectivity index (χ2v) is 5.75. The lowest BCUT2D eigenvalue weighted by Crippen LogP contribution is -2.39. The first-order chi connectivity index (χ1) is 11.5. The number of hydrogen-bond donors (Lipinski definition) is 3. The predicted octanol–water partition coefficient (Wildman–Crippen LogP) is 3.04. The van der Waals surface area contributed by atoms with E-state index in [-0.39, 0.29) is 36.3 Å². The van der Waals surface area contributed by atoms with E-state index in [1.165, 1.54) is 18.4 Å². The lowest BCUT2D eigenvalue weighted by Gasteiger charge is -2.19. The quantitative estimate of drug-likeness (QED) is 0.337. The summed E-state index contributed by atoms with van der Waals surface area (Å²) in [6.45, 7) is 5.10. The van der Waals surface area contributed by atoms with Crippen LogP contribution in [0.1, 0.15) is 25.2 Å². The fourth-order valence-electron chi connectivity index (χ4n) is 2.26. The molecule has 25 heavy (non-hydrogen) atoms. The molecule has 0 fully saturated rings. The fourth-order valence-corrected chi connectivity index (χ4v) is 2.26. The first kappa shape index (κ1) is 21.4. The average molecular weight is 461 g/mol. The summed E-state index contributed by atoms with van der Waals surface area (Å²) in [5, 5.41) is 16.7. The van der Waals surface area contributed by atoms with Gasteiger partial charge in [-0.2, -0.15) is 0 Å². The largest absolute Gasteiger partial charge is 0.466 e. The van der Waals surface area contributed by atoms with Gasteiger partial charge in [0.2, 0.25) is 0 Å². The van der Waals surface area contributed by atoms with Crippen LogP contribution in [0, 0.1) is 5.82 Å². The van der Waals surface area contributed by atoms with Gasteiger partial charge in [0.15, 0.2) is 5.96 Å². The van der Waals surface area contributed by atoms with Crippen LogP contribution in [0.2, 0.25) is 0 Å². The second-order valence-electron chi connectivity index (χ2n) is 5.75. The van der Waals surface area contributed by atoms with Crippen molar-refractivity contribution in [1.82, 2.24) is 10.6 Å². The summed E-state index contributed by atoms with van der Waals surface area (Å²) >= 11 is 0. The Morgan fingerprint density at radius 1 is 1.28 bits per heavy atom. The number of furan rings is 1. The Balaban J connectivity index is 0.00000312. The zero-order valence-electron chi connectivity index (χ0n) is 14.5. The van der Waals surface area contributed by atoms with Crippen LogP contribution in [-0.4, -0.2) is 30.7 Å². The monoisotopic (exact) mass is 461 g/mol. The summed E-state index contributed by atoms with van der Waals surface area (Å²) in [6, 6.07) is 9.99. The maximum absolute atomic E-state index is 13.2. The molecule has 0 aliphatic carbocycles. The Hall–Kier alpha value is -1.61. The van der Waals surface area contributed by atoms with E-state index in [1.807, 2.05) is 13.0 Å². The number of halogens is 2. The Kier molecular flexibility index (Phi) is 8.91. The van der Waals surface area contributed by atoms with Crippen LogP contribution in [0.3, 0.4) is 0 Å². The van der Waals surface area contributed by atoms with Crippen LogP contribution in [0.25, 0.3) is 0 Å². The highest BCUT2D eigenvalue weighted by Crippen LogP contribution is 2.20. The molecule has 2 rings (SSSR count). The molecule has 1 atom stereocenters. The first-order valence-corrected chi connectivity index (χ1v) is 8.04. The molecule has 0 saturated heterocycles. The van der Waals surface area contributed by atoms with Crippen LogP contribution in [0.5, 0.6) is 0 Å². The maximum atomic E-state index is 13.2. The topological polar surface area (TPSA) is 69.8 Å². The van der Waals surface area contributed by atoms with Crippen LogP contribution in [-0.2, 0) is 12.0 Å². The van der Waals surface area contributed by atoms with Crippen molar-refractivity contribution in [3.05, 3.63) is 59.8 Å². The van der Waals surface area contributed by atoms with Gasteiger partial charge in [0.05, 0.1) is 12.8 Å². The van der Waals surface area contributed by atoms with E-state index in [0.717, 1.165) is 5.56 Å². The summed E-state index contributed by atoms with van der Waals surface area (Å²) in [4.78, 5) is 4.40. The highest BCUT2D eigenvalue weighted by Gasteiger charge is 2.25. The van der Waals surface area contributed by atoms with Crippen LogP contribution in [0.4, 0.5) is 4.39 Å². The molecular weight excluding hydrogens is 436 g/mol.